The summed E-state index contributed by atoms with van der Waals surface area (Å²) in [5.41, 5.74) is 0. The first-order chi connectivity index (χ1) is 9.20. The fourth-order valence-electron chi connectivity index (χ4n) is 3.38. The van der Waals surface area contributed by atoms with Crippen molar-refractivity contribution >= 4 is 5.97 Å². The van der Waals surface area contributed by atoms with E-state index in [0.29, 0.717) is 12.0 Å². The molecule has 1 N–H and O–H groups in total. The molecule has 4 nitrogen and oxygen atoms in total. The van der Waals surface area contributed by atoms with Crippen LogP contribution in [0.25, 0.3) is 0 Å². The van der Waals surface area contributed by atoms with Crippen molar-refractivity contribution < 1.29 is 14.6 Å². The molecule has 2 saturated heterocycles. The number of rotatable bonds is 6. The Balaban J connectivity index is 1.75. The van der Waals surface area contributed by atoms with E-state index in [9.17, 15) is 9.90 Å². The lowest BCUT2D eigenvalue weighted by atomic mass is 9.88. The number of nitrogens with zero attached hydrogens (tertiary/aromatic N) is 1. The molecule has 0 radical (unpaired) electrons. The minimum atomic E-state index is -0.643. The van der Waals surface area contributed by atoms with Gasteiger partial charge < -0.3 is 9.84 Å². The van der Waals surface area contributed by atoms with Crippen molar-refractivity contribution in [2.24, 2.45) is 5.92 Å². The zero-order valence-corrected chi connectivity index (χ0v) is 12.0. The van der Waals surface area contributed by atoms with Crippen molar-refractivity contribution in [3.8, 4) is 0 Å². The van der Waals surface area contributed by atoms with Gasteiger partial charge in [0.15, 0.2) is 0 Å². The van der Waals surface area contributed by atoms with Gasteiger partial charge in [-0.25, -0.2) is 0 Å². The third-order valence-corrected chi connectivity index (χ3v) is 4.68. The van der Waals surface area contributed by atoms with Gasteiger partial charge in [0, 0.05) is 6.61 Å². The van der Waals surface area contributed by atoms with Crippen molar-refractivity contribution in [1.82, 2.24) is 4.90 Å². The highest BCUT2D eigenvalue weighted by molar-refractivity contribution is 5.73. The van der Waals surface area contributed by atoms with E-state index in [2.05, 4.69) is 11.8 Å². The molecule has 0 aromatic carbocycles. The second-order valence-electron chi connectivity index (χ2n) is 5.97. The van der Waals surface area contributed by atoms with Crippen LogP contribution in [0.3, 0.4) is 0 Å². The number of carboxylic acid groups (broad SMARTS) is 1. The molecule has 0 aliphatic carbocycles. The van der Waals surface area contributed by atoms with Gasteiger partial charge in [-0.15, -0.1) is 0 Å². The largest absolute Gasteiger partial charge is 0.480 e. The summed E-state index contributed by atoms with van der Waals surface area (Å²) in [6.45, 7) is 4.93. The van der Waals surface area contributed by atoms with Crippen LogP contribution in [-0.2, 0) is 9.53 Å². The molecule has 0 amide bonds. The predicted octanol–water partition coefficient (Wildman–Crippen LogP) is 2.52. The number of likely N-dealkylation sites (tertiary alicyclic amines) is 1. The Bertz CT molecular complexity index is 289. The van der Waals surface area contributed by atoms with Crippen molar-refractivity contribution in [2.75, 3.05) is 19.7 Å². The Morgan fingerprint density at radius 1 is 1.42 bits per heavy atom. The normalized spacial score (nSPS) is 32.6. The zero-order chi connectivity index (χ0) is 13.7. The minimum absolute atomic E-state index is 0.261. The Labute approximate surface area is 116 Å². The highest BCUT2D eigenvalue weighted by atomic mass is 16.5. The highest BCUT2D eigenvalue weighted by Crippen LogP contribution is 2.26. The summed E-state index contributed by atoms with van der Waals surface area (Å²) in [6, 6.07) is -0.261. The molecule has 4 heteroatoms. The molecule has 19 heavy (non-hydrogen) atoms. The van der Waals surface area contributed by atoms with Crippen LogP contribution in [0.15, 0.2) is 0 Å². The van der Waals surface area contributed by atoms with Crippen molar-refractivity contribution in [2.45, 2.75) is 64.0 Å². The molecule has 2 aliphatic rings. The number of piperidine rings is 1. The van der Waals surface area contributed by atoms with Gasteiger partial charge in [0.2, 0.25) is 0 Å². The quantitative estimate of drug-likeness (QED) is 0.805. The first-order valence-corrected chi connectivity index (χ1v) is 7.79. The molecule has 110 valence electrons. The van der Waals surface area contributed by atoms with Gasteiger partial charge in [-0.05, 0) is 57.5 Å². The first kappa shape index (κ1) is 14.8. The number of aliphatic carboxylic acids is 1. The van der Waals surface area contributed by atoms with Crippen LogP contribution in [0.4, 0.5) is 0 Å². The van der Waals surface area contributed by atoms with Crippen LogP contribution >= 0.6 is 0 Å². The second-order valence-corrected chi connectivity index (χ2v) is 5.97. The van der Waals surface area contributed by atoms with Gasteiger partial charge >= 0.3 is 5.97 Å². The van der Waals surface area contributed by atoms with E-state index < -0.39 is 5.97 Å². The topological polar surface area (TPSA) is 49.8 Å². The van der Waals surface area contributed by atoms with E-state index in [1.54, 1.807) is 0 Å². The lowest BCUT2D eigenvalue weighted by Gasteiger charge is -2.37. The summed E-state index contributed by atoms with van der Waals surface area (Å²) in [7, 11) is 0. The second kappa shape index (κ2) is 7.25. The molecule has 0 aromatic rings. The molecule has 0 spiro atoms. The average Bonchev–Trinajstić information content (AvgIpc) is 2.92. The lowest BCUT2D eigenvalue weighted by Crippen LogP contribution is -2.47. The van der Waals surface area contributed by atoms with Crippen LogP contribution in [0.5, 0.6) is 0 Å². The minimum Gasteiger partial charge on any atom is -0.480 e. The van der Waals surface area contributed by atoms with Crippen LogP contribution in [-0.4, -0.2) is 47.8 Å². The van der Waals surface area contributed by atoms with Gasteiger partial charge in [-0.1, -0.05) is 13.3 Å². The molecule has 2 aliphatic heterocycles. The Morgan fingerprint density at radius 2 is 2.26 bits per heavy atom. The van der Waals surface area contributed by atoms with Gasteiger partial charge in [-0.2, -0.15) is 0 Å². The van der Waals surface area contributed by atoms with E-state index in [1.165, 1.54) is 12.8 Å². The maximum absolute atomic E-state index is 11.4. The molecule has 3 atom stereocenters. The van der Waals surface area contributed by atoms with E-state index in [-0.39, 0.29) is 6.04 Å². The number of hydrogen-bond acceptors (Lipinski definition) is 3. The summed E-state index contributed by atoms with van der Waals surface area (Å²) < 4.78 is 5.62. The Hall–Kier alpha value is -0.610. The maximum Gasteiger partial charge on any atom is 0.320 e. The van der Waals surface area contributed by atoms with E-state index >= 15 is 0 Å². The van der Waals surface area contributed by atoms with Crippen molar-refractivity contribution in [3.05, 3.63) is 0 Å². The van der Waals surface area contributed by atoms with Gasteiger partial charge in [0.25, 0.3) is 0 Å². The molecule has 2 rings (SSSR count). The van der Waals surface area contributed by atoms with Gasteiger partial charge in [0.1, 0.15) is 6.04 Å². The molecular weight excluding hydrogens is 242 g/mol. The molecular formula is C15H27NO3. The van der Waals surface area contributed by atoms with Crippen LogP contribution in [0, 0.1) is 5.92 Å². The molecule has 0 saturated carbocycles. The average molecular weight is 269 g/mol. The summed E-state index contributed by atoms with van der Waals surface area (Å²) in [5, 5.41) is 9.37. The standard InChI is InChI=1S/C15H27NO3/c1-2-12-7-9-16(14(11-12)15(17)18)8-3-5-13-6-4-10-19-13/h12-14H,2-11H2,1H3,(H,17,18). The van der Waals surface area contributed by atoms with Crippen molar-refractivity contribution in [3.63, 3.8) is 0 Å². The SMILES string of the molecule is CCC1CCN(CCCC2CCCO2)C(C(=O)O)C1. The number of carboxylic acids is 1. The van der Waals surface area contributed by atoms with E-state index in [1.807, 2.05) is 0 Å². The predicted molar refractivity (Wildman–Crippen MR) is 74.2 cm³/mol. The number of hydrogen-bond donors (Lipinski definition) is 1. The van der Waals surface area contributed by atoms with E-state index in [4.69, 9.17) is 4.74 Å². The lowest BCUT2D eigenvalue weighted by molar-refractivity contribution is -0.145. The highest BCUT2D eigenvalue weighted by Gasteiger charge is 2.32. The van der Waals surface area contributed by atoms with Crippen molar-refractivity contribution in [1.29, 1.82) is 0 Å². The molecule has 0 bridgehead atoms. The monoisotopic (exact) mass is 269 g/mol. The maximum atomic E-state index is 11.4. The van der Waals surface area contributed by atoms with E-state index in [0.717, 1.165) is 51.8 Å². The summed E-state index contributed by atoms with van der Waals surface area (Å²) >= 11 is 0. The smallest absolute Gasteiger partial charge is 0.320 e. The number of carbonyl (C=O) groups is 1. The Kier molecular flexibility index (Phi) is 5.64. The van der Waals surface area contributed by atoms with Crippen LogP contribution in [0.2, 0.25) is 0 Å². The first-order valence-electron chi connectivity index (χ1n) is 7.79. The van der Waals surface area contributed by atoms with Gasteiger partial charge in [-0.3, -0.25) is 9.69 Å². The molecule has 2 fully saturated rings. The van der Waals surface area contributed by atoms with Gasteiger partial charge in [0.05, 0.1) is 6.10 Å². The summed E-state index contributed by atoms with van der Waals surface area (Å²) in [6.07, 6.45) is 8.02. The van der Waals surface area contributed by atoms with Crippen LogP contribution < -0.4 is 0 Å². The van der Waals surface area contributed by atoms with Crippen LogP contribution in [0.1, 0.15) is 51.9 Å². The summed E-state index contributed by atoms with van der Waals surface area (Å²) in [5.74, 6) is -0.0502. The Morgan fingerprint density at radius 3 is 2.89 bits per heavy atom. The fraction of sp³-hybridized carbons (Fsp3) is 0.933. The third-order valence-electron chi connectivity index (χ3n) is 4.68. The molecule has 0 aromatic heterocycles. The third kappa shape index (κ3) is 4.18. The zero-order valence-electron chi connectivity index (χ0n) is 12.0. The number of ether oxygens (including phenoxy) is 1. The fourth-order valence-corrected chi connectivity index (χ4v) is 3.38. The summed E-state index contributed by atoms with van der Waals surface area (Å²) in [4.78, 5) is 13.5. The molecule has 3 unspecified atom stereocenters. The molecule has 2 heterocycles.